The fourth-order valence-electron chi connectivity index (χ4n) is 1.26. The first-order valence-corrected chi connectivity index (χ1v) is 4.25. The summed E-state index contributed by atoms with van der Waals surface area (Å²) in [7, 11) is 0. The Kier molecular flexibility index (Phi) is 3.06. The average Bonchev–Trinajstić information content (AvgIpc) is 2.16. The summed E-state index contributed by atoms with van der Waals surface area (Å²) in [6.07, 6.45) is -2.07. The van der Waals surface area contributed by atoms with E-state index in [-0.39, 0.29) is 5.56 Å². The number of aliphatic hydroxyl groups is 2. The number of carboxylic acid groups (broad SMARTS) is 1. The first kappa shape index (κ1) is 11.6. The van der Waals surface area contributed by atoms with E-state index >= 15 is 0 Å². The SMILES string of the molecule is C[C@](O)(c1ccccc1F)[C@@H](O)C(=O)O. The van der Waals surface area contributed by atoms with Crippen LogP contribution in [0.5, 0.6) is 0 Å². The van der Waals surface area contributed by atoms with Gasteiger partial charge in [-0.25, -0.2) is 9.18 Å². The molecule has 1 aromatic rings. The highest BCUT2D eigenvalue weighted by Gasteiger charge is 2.39. The lowest BCUT2D eigenvalue weighted by Gasteiger charge is -2.26. The van der Waals surface area contributed by atoms with Gasteiger partial charge in [0, 0.05) is 5.56 Å². The molecule has 1 aromatic carbocycles. The highest BCUT2D eigenvalue weighted by molar-refractivity contribution is 5.74. The lowest BCUT2D eigenvalue weighted by Crippen LogP contribution is -2.42. The molecular formula is C10H11FO4. The van der Waals surface area contributed by atoms with E-state index in [0.29, 0.717) is 0 Å². The zero-order valence-electron chi connectivity index (χ0n) is 8.01. The van der Waals surface area contributed by atoms with Crippen LogP contribution < -0.4 is 0 Å². The molecule has 3 N–H and O–H groups in total. The molecule has 1 rings (SSSR count). The fraction of sp³-hybridized carbons (Fsp3) is 0.300. The summed E-state index contributed by atoms with van der Waals surface area (Å²) in [5.41, 5.74) is -2.41. The van der Waals surface area contributed by atoms with Gasteiger partial charge in [0.25, 0.3) is 0 Å². The van der Waals surface area contributed by atoms with Crippen LogP contribution in [0.2, 0.25) is 0 Å². The molecule has 82 valence electrons. The van der Waals surface area contributed by atoms with Crippen molar-refractivity contribution < 1.29 is 24.5 Å². The third-order valence-electron chi connectivity index (χ3n) is 2.19. The molecule has 0 spiro atoms. The van der Waals surface area contributed by atoms with E-state index in [4.69, 9.17) is 5.11 Å². The van der Waals surface area contributed by atoms with E-state index < -0.39 is 23.5 Å². The Hall–Kier alpha value is -1.46. The van der Waals surface area contributed by atoms with Crippen molar-refractivity contribution in [3.8, 4) is 0 Å². The molecule has 15 heavy (non-hydrogen) atoms. The summed E-state index contributed by atoms with van der Waals surface area (Å²) < 4.78 is 13.2. The van der Waals surface area contributed by atoms with Crippen molar-refractivity contribution in [2.75, 3.05) is 0 Å². The number of aliphatic carboxylic acids is 1. The van der Waals surface area contributed by atoms with Crippen molar-refractivity contribution >= 4 is 5.97 Å². The largest absolute Gasteiger partial charge is 0.479 e. The van der Waals surface area contributed by atoms with Gasteiger partial charge in [-0.1, -0.05) is 18.2 Å². The molecule has 0 aliphatic carbocycles. The predicted molar refractivity (Wildman–Crippen MR) is 49.6 cm³/mol. The van der Waals surface area contributed by atoms with Crippen LogP contribution in [0.15, 0.2) is 24.3 Å². The van der Waals surface area contributed by atoms with Gasteiger partial charge < -0.3 is 15.3 Å². The number of halogens is 1. The molecule has 0 aromatic heterocycles. The molecule has 4 nitrogen and oxygen atoms in total. The van der Waals surface area contributed by atoms with Gasteiger partial charge in [0.05, 0.1) is 0 Å². The van der Waals surface area contributed by atoms with Crippen LogP contribution >= 0.6 is 0 Å². The van der Waals surface area contributed by atoms with Gasteiger partial charge in [-0.05, 0) is 13.0 Å². The molecule has 0 aliphatic rings. The third-order valence-corrected chi connectivity index (χ3v) is 2.19. The highest BCUT2D eigenvalue weighted by atomic mass is 19.1. The van der Waals surface area contributed by atoms with Crippen LogP contribution in [-0.2, 0) is 10.4 Å². The molecule has 2 atom stereocenters. The standard InChI is InChI=1S/C10H11FO4/c1-10(15,8(12)9(13)14)6-4-2-3-5-7(6)11/h2-5,8,12,15H,1H3,(H,13,14)/t8-,10-/m0/s1. The van der Waals surface area contributed by atoms with E-state index in [9.17, 15) is 19.4 Å². The fourth-order valence-corrected chi connectivity index (χ4v) is 1.26. The number of hydrogen-bond donors (Lipinski definition) is 3. The maximum atomic E-state index is 13.2. The number of carboxylic acids is 1. The summed E-state index contributed by atoms with van der Waals surface area (Å²) in [6.45, 7) is 1.05. The summed E-state index contributed by atoms with van der Waals surface area (Å²) in [5, 5.41) is 27.5. The van der Waals surface area contributed by atoms with Gasteiger partial charge in [-0.15, -0.1) is 0 Å². The summed E-state index contributed by atoms with van der Waals surface area (Å²) in [5.74, 6) is -2.37. The van der Waals surface area contributed by atoms with E-state index in [2.05, 4.69) is 0 Å². The zero-order chi connectivity index (χ0) is 11.6. The van der Waals surface area contributed by atoms with Crippen molar-refractivity contribution in [2.45, 2.75) is 18.6 Å². The number of carbonyl (C=O) groups is 1. The Morgan fingerprint density at radius 3 is 2.47 bits per heavy atom. The number of rotatable bonds is 3. The molecule has 0 bridgehead atoms. The number of hydrogen-bond acceptors (Lipinski definition) is 3. The van der Waals surface area contributed by atoms with Gasteiger partial charge in [0.15, 0.2) is 6.10 Å². The monoisotopic (exact) mass is 214 g/mol. The Morgan fingerprint density at radius 2 is 2.00 bits per heavy atom. The lowest BCUT2D eigenvalue weighted by molar-refractivity contribution is -0.162. The van der Waals surface area contributed by atoms with E-state index in [1.165, 1.54) is 18.2 Å². The minimum absolute atomic E-state index is 0.250. The second-order valence-corrected chi connectivity index (χ2v) is 3.37. The quantitative estimate of drug-likeness (QED) is 0.683. The Bertz CT molecular complexity index is 375. The van der Waals surface area contributed by atoms with Crippen molar-refractivity contribution in [3.63, 3.8) is 0 Å². The normalized spacial score (nSPS) is 16.8. The zero-order valence-corrected chi connectivity index (χ0v) is 8.01. The second-order valence-electron chi connectivity index (χ2n) is 3.37. The first-order chi connectivity index (χ1) is 6.87. The lowest BCUT2D eigenvalue weighted by atomic mass is 9.90. The van der Waals surface area contributed by atoms with Gasteiger partial charge in [0.2, 0.25) is 0 Å². The molecule has 0 aliphatic heterocycles. The summed E-state index contributed by atoms with van der Waals surface area (Å²) in [4.78, 5) is 10.5. The summed E-state index contributed by atoms with van der Waals surface area (Å²) in [6, 6.07) is 5.16. The van der Waals surface area contributed by atoms with Crippen LogP contribution in [0.1, 0.15) is 12.5 Å². The maximum absolute atomic E-state index is 13.2. The molecule has 0 fully saturated rings. The van der Waals surface area contributed by atoms with Crippen molar-refractivity contribution in [3.05, 3.63) is 35.6 Å². The highest BCUT2D eigenvalue weighted by Crippen LogP contribution is 2.26. The third kappa shape index (κ3) is 2.14. The molecule has 5 heteroatoms. The van der Waals surface area contributed by atoms with Gasteiger partial charge in [0.1, 0.15) is 11.4 Å². The molecule has 0 saturated carbocycles. The number of aliphatic hydroxyl groups excluding tert-OH is 1. The maximum Gasteiger partial charge on any atom is 0.335 e. The summed E-state index contributed by atoms with van der Waals surface area (Å²) >= 11 is 0. The molecule has 0 heterocycles. The van der Waals surface area contributed by atoms with Crippen LogP contribution in [0.4, 0.5) is 4.39 Å². The van der Waals surface area contributed by atoms with E-state index in [1.54, 1.807) is 0 Å². The van der Waals surface area contributed by atoms with E-state index in [0.717, 1.165) is 13.0 Å². The Labute approximate surface area is 85.6 Å². The van der Waals surface area contributed by atoms with E-state index in [1.807, 2.05) is 0 Å². The van der Waals surface area contributed by atoms with Gasteiger partial charge >= 0.3 is 5.97 Å². The minimum Gasteiger partial charge on any atom is -0.479 e. The Morgan fingerprint density at radius 1 is 1.47 bits per heavy atom. The average molecular weight is 214 g/mol. The van der Waals surface area contributed by atoms with Gasteiger partial charge in [-0.3, -0.25) is 0 Å². The number of benzene rings is 1. The van der Waals surface area contributed by atoms with Crippen LogP contribution in [0.25, 0.3) is 0 Å². The van der Waals surface area contributed by atoms with Crippen LogP contribution in [-0.4, -0.2) is 27.4 Å². The molecule has 0 saturated heterocycles. The van der Waals surface area contributed by atoms with Crippen molar-refractivity contribution in [2.24, 2.45) is 0 Å². The van der Waals surface area contributed by atoms with Gasteiger partial charge in [-0.2, -0.15) is 0 Å². The second kappa shape index (κ2) is 3.96. The van der Waals surface area contributed by atoms with Crippen molar-refractivity contribution in [1.29, 1.82) is 0 Å². The minimum atomic E-state index is -2.16. The smallest absolute Gasteiger partial charge is 0.335 e. The molecule has 0 unspecified atom stereocenters. The van der Waals surface area contributed by atoms with Crippen LogP contribution in [0.3, 0.4) is 0 Å². The molecule has 0 radical (unpaired) electrons. The van der Waals surface area contributed by atoms with Crippen LogP contribution in [0, 0.1) is 5.82 Å². The predicted octanol–water partition coefficient (Wildman–Crippen LogP) is 0.479. The molecular weight excluding hydrogens is 203 g/mol. The first-order valence-electron chi connectivity index (χ1n) is 4.25. The van der Waals surface area contributed by atoms with Crippen molar-refractivity contribution in [1.82, 2.24) is 0 Å². The Balaban J connectivity index is 3.16. The molecule has 0 amide bonds. The topological polar surface area (TPSA) is 77.8 Å².